The third kappa shape index (κ3) is 2.70. The normalized spacial score (nSPS) is 18.6. The van der Waals surface area contributed by atoms with Gasteiger partial charge in [-0.3, -0.25) is 4.79 Å². The number of carbonyl (C=O) groups is 1. The second-order valence-corrected chi connectivity index (χ2v) is 4.64. The summed E-state index contributed by atoms with van der Waals surface area (Å²) < 4.78 is 0. The van der Waals surface area contributed by atoms with Crippen molar-refractivity contribution in [2.75, 3.05) is 19.6 Å². The van der Waals surface area contributed by atoms with E-state index < -0.39 is 0 Å². The molecule has 2 rings (SSSR count). The van der Waals surface area contributed by atoms with E-state index in [0.29, 0.717) is 0 Å². The molecule has 1 aromatic carbocycles. The lowest BCUT2D eigenvalue weighted by molar-refractivity contribution is 0.0903. The zero-order chi connectivity index (χ0) is 11.4. The second kappa shape index (κ2) is 5.26. The van der Waals surface area contributed by atoms with Gasteiger partial charge in [-0.1, -0.05) is 37.3 Å². The monoisotopic (exact) mass is 217 g/mol. The summed E-state index contributed by atoms with van der Waals surface area (Å²) in [5.41, 5.74) is 0.842. The van der Waals surface area contributed by atoms with Crippen LogP contribution in [0.5, 0.6) is 0 Å². The van der Waals surface area contributed by atoms with Crippen LogP contribution in [0, 0.1) is 5.92 Å². The van der Waals surface area contributed by atoms with Crippen LogP contribution in [0.4, 0.5) is 0 Å². The summed E-state index contributed by atoms with van der Waals surface area (Å²) in [7, 11) is 0. The van der Waals surface area contributed by atoms with Crippen molar-refractivity contribution in [1.82, 2.24) is 4.90 Å². The number of benzene rings is 1. The van der Waals surface area contributed by atoms with Crippen molar-refractivity contribution in [3.8, 4) is 0 Å². The zero-order valence-electron chi connectivity index (χ0n) is 9.86. The predicted octanol–water partition coefficient (Wildman–Crippen LogP) is 2.60. The molecule has 0 saturated carbocycles. The van der Waals surface area contributed by atoms with Gasteiger partial charge in [0.25, 0.3) is 0 Å². The van der Waals surface area contributed by atoms with Gasteiger partial charge in [-0.25, -0.2) is 0 Å². The highest BCUT2D eigenvalue weighted by Gasteiger charge is 2.20. The minimum Gasteiger partial charge on any atom is -0.303 e. The Bertz CT molecular complexity index is 341. The molecule has 1 fully saturated rings. The first-order valence-electron chi connectivity index (χ1n) is 6.09. The second-order valence-electron chi connectivity index (χ2n) is 4.64. The summed E-state index contributed by atoms with van der Waals surface area (Å²) in [6, 6.07) is 9.61. The van der Waals surface area contributed by atoms with Crippen molar-refractivity contribution in [3.05, 3.63) is 35.9 Å². The van der Waals surface area contributed by atoms with E-state index >= 15 is 0 Å². The average Bonchev–Trinajstić information content (AvgIpc) is 2.82. The highest BCUT2D eigenvalue weighted by Crippen LogP contribution is 2.14. The van der Waals surface area contributed by atoms with Crippen molar-refractivity contribution in [2.45, 2.75) is 19.8 Å². The fraction of sp³-hybridized carbons (Fsp3) is 0.500. The molecule has 2 nitrogen and oxygen atoms in total. The van der Waals surface area contributed by atoms with E-state index in [1.165, 1.54) is 12.8 Å². The van der Waals surface area contributed by atoms with Crippen LogP contribution in [0.1, 0.15) is 30.1 Å². The summed E-state index contributed by atoms with van der Waals surface area (Å²) in [6.07, 6.45) is 2.57. The quantitative estimate of drug-likeness (QED) is 0.722. The molecular formula is C14H19NO. The molecule has 1 atom stereocenters. The number of rotatable bonds is 4. The lowest BCUT2D eigenvalue weighted by Crippen LogP contribution is -2.29. The minimum atomic E-state index is 0.112. The molecule has 1 aliphatic rings. The Kier molecular flexibility index (Phi) is 3.73. The van der Waals surface area contributed by atoms with Crippen LogP contribution < -0.4 is 0 Å². The van der Waals surface area contributed by atoms with Crippen molar-refractivity contribution < 1.29 is 4.79 Å². The Hall–Kier alpha value is -1.15. The fourth-order valence-electron chi connectivity index (χ4n) is 2.32. The SMILES string of the molecule is CC(CN1CCCC1)C(=O)c1ccccc1. The molecule has 1 saturated heterocycles. The molecular weight excluding hydrogens is 198 g/mol. The number of hydrogen-bond donors (Lipinski definition) is 0. The van der Waals surface area contributed by atoms with E-state index in [2.05, 4.69) is 4.90 Å². The van der Waals surface area contributed by atoms with Crippen LogP contribution in [-0.2, 0) is 0 Å². The van der Waals surface area contributed by atoms with Crippen molar-refractivity contribution >= 4 is 5.78 Å². The van der Waals surface area contributed by atoms with Gasteiger partial charge in [-0.05, 0) is 25.9 Å². The molecule has 0 spiro atoms. The first-order chi connectivity index (χ1) is 7.77. The van der Waals surface area contributed by atoms with Crippen molar-refractivity contribution in [3.63, 3.8) is 0 Å². The highest BCUT2D eigenvalue weighted by molar-refractivity contribution is 5.97. The Morgan fingerprint density at radius 1 is 1.25 bits per heavy atom. The van der Waals surface area contributed by atoms with Crippen LogP contribution >= 0.6 is 0 Å². The first kappa shape index (κ1) is 11.3. The van der Waals surface area contributed by atoms with Crippen LogP contribution in [0.3, 0.4) is 0 Å². The van der Waals surface area contributed by atoms with E-state index in [1.807, 2.05) is 37.3 Å². The van der Waals surface area contributed by atoms with Gasteiger partial charge in [0.1, 0.15) is 0 Å². The number of likely N-dealkylation sites (tertiary alicyclic amines) is 1. The van der Waals surface area contributed by atoms with Gasteiger partial charge in [0.2, 0.25) is 0 Å². The largest absolute Gasteiger partial charge is 0.303 e. The molecule has 1 aliphatic heterocycles. The average molecular weight is 217 g/mol. The van der Waals surface area contributed by atoms with Crippen molar-refractivity contribution in [1.29, 1.82) is 0 Å². The topological polar surface area (TPSA) is 20.3 Å². The van der Waals surface area contributed by atoms with Crippen LogP contribution in [0.15, 0.2) is 30.3 Å². The lowest BCUT2D eigenvalue weighted by Gasteiger charge is -2.19. The first-order valence-corrected chi connectivity index (χ1v) is 6.09. The number of nitrogens with zero attached hydrogens (tertiary/aromatic N) is 1. The van der Waals surface area contributed by atoms with Crippen molar-refractivity contribution in [2.24, 2.45) is 5.92 Å². The summed E-state index contributed by atoms with van der Waals surface area (Å²) in [5, 5.41) is 0. The standard InChI is InChI=1S/C14H19NO/c1-12(11-15-9-5-6-10-15)14(16)13-7-3-2-4-8-13/h2-4,7-8,12H,5-6,9-11H2,1H3. The summed E-state index contributed by atoms with van der Waals surface area (Å²) in [5.74, 6) is 0.382. The molecule has 1 unspecified atom stereocenters. The molecule has 0 bridgehead atoms. The van der Waals surface area contributed by atoms with E-state index in [9.17, 15) is 4.79 Å². The smallest absolute Gasteiger partial charge is 0.166 e. The molecule has 0 aromatic heterocycles. The van der Waals surface area contributed by atoms with Crippen LogP contribution in [0.2, 0.25) is 0 Å². The van der Waals surface area contributed by atoms with Crippen LogP contribution in [0.25, 0.3) is 0 Å². The number of carbonyl (C=O) groups excluding carboxylic acids is 1. The third-order valence-electron chi connectivity index (χ3n) is 3.24. The maximum Gasteiger partial charge on any atom is 0.166 e. The summed E-state index contributed by atoms with van der Waals surface area (Å²) in [4.78, 5) is 14.5. The third-order valence-corrected chi connectivity index (χ3v) is 3.24. The Morgan fingerprint density at radius 2 is 1.88 bits per heavy atom. The Morgan fingerprint density at radius 3 is 2.50 bits per heavy atom. The van der Waals surface area contributed by atoms with E-state index in [1.54, 1.807) is 0 Å². The summed E-state index contributed by atoms with van der Waals surface area (Å²) in [6.45, 7) is 5.26. The maximum absolute atomic E-state index is 12.1. The van der Waals surface area contributed by atoms with Gasteiger partial charge in [0, 0.05) is 18.0 Å². The van der Waals surface area contributed by atoms with Gasteiger partial charge < -0.3 is 4.90 Å². The van der Waals surface area contributed by atoms with E-state index in [4.69, 9.17) is 0 Å². The van der Waals surface area contributed by atoms with E-state index in [-0.39, 0.29) is 11.7 Å². The van der Waals surface area contributed by atoms with E-state index in [0.717, 1.165) is 25.2 Å². The Labute approximate surface area is 97.3 Å². The van der Waals surface area contributed by atoms with Gasteiger partial charge >= 0.3 is 0 Å². The molecule has 0 N–H and O–H groups in total. The van der Waals surface area contributed by atoms with Crippen LogP contribution in [-0.4, -0.2) is 30.3 Å². The molecule has 86 valence electrons. The molecule has 0 aliphatic carbocycles. The number of Topliss-reactive ketones (excluding diaryl/α,β-unsaturated/α-hetero) is 1. The molecule has 1 heterocycles. The fourth-order valence-corrected chi connectivity index (χ4v) is 2.32. The zero-order valence-corrected chi connectivity index (χ0v) is 9.86. The lowest BCUT2D eigenvalue weighted by atomic mass is 9.99. The minimum absolute atomic E-state index is 0.112. The van der Waals surface area contributed by atoms with Gasteiger partial charge in [-0.15, -0.1) is 0 Å². The number of ketones is 1. The molecule has 2 heteroatoms. The summed E-state index contributed by atoms with van der Waals surface area (Å²) >= 11 is 0. The van der Waals surface area contributed by atoms with Gasteiger partial charge in [-0.2, -0.15) is 0 Å². The molecule has 16 heavy (non-hydrogen) atoms. The molecule has 0 radical (unpaired) electrons. The Balaban J connectivity index is 1.94. The maximum atomic E-state index is 12.1. The predicted molar refractivity (Wildman–Crippen MR) is 65.6 cm³/mol. The van der Waals surface area contributed by atoms with Gasteiger partial charge in [0.05, 0.1) is 0 Å². The highest BCUT2D eigenvalue weighted by atomic mass is 16.1. The number of hydrogen-bond acceptors (Lipinski definition) is 2. The molecule has 0 amide bonds. The van der Waals surface area contributed by atoms with Gasteiger partial charge in [0.15, 0.2) is 5.78 Å². The molecule has 1 aromatic rings.